The van der Waals surface area contributed by atoms with Crippen LogP contribution in [0, 0.1) is 0 Å². The highest BCUT2D eigenvalue weighted by atomic mass is 35.5. The Kier molecular flexibility index (Phi) is 4.80. The summed E-state index contributed by atoms with van der Waals surface area (Å²) >= 11 is 6.45. The van der Waals surface area contributed by atoms with Gasteiger partial charge in [0.05, 0.1) is 5.75 Å². The quantitative estimate of drug-likeness (QED) is 0.813. The van der Waals surface area contributed by atoms with E-state index in [4.69, 9.17) is 11.6 Å². The van der Waals surface area contributed by atoms with E-state index in [1.807, 2.05) is 0 Å². The minimum absolute atomic E-state index is 0.0105. The molecule has 1 N–H and O–H groups in total. The number of amides is 1. The minimum atomic E-state index is -3.31. The van der Waals surface area contributed by atoms with E-state index in [-0.39, 0.29) is 21.8 Å². The summed E-state index contributed by atoms with van der Waals surface area (Å²) in [5.41, 5.74) is 0. The number of halogens is 1. The predicted octanol–water partition coefficient (Wildman–Crippen LogP) is -0.187. The van der Waals surface area contributed by atoms with Crippen LogP contribution >= 0.6 is 22.9 Å². The van der Waals surface area contributed by atoms with Gasteiger partial charge in [-0.15, -0.1) is 10.2 Å². The summed E-state index contributed by atoms with van der Waals surface area (Å²) in [5.74, 6) is -0.651. The third-order valence-electron chi connectivity index (χ3n) is 1.80. The van der Waals surface area contributed by atoms with Crippen LogP contribution in [-0.4, -0.2) is 55.2 Å². The van der Waals surface area contributed by atoms with Crippen molar-refractivity contribution in [3.63, 3.8) is 0 Å². The Morgan fingerprint density at radius 1 is 1.47 bits per heavy atom. The standard InChI is InChI=1S/C7H11ClN4O3S2/c1-12(2)17(14,15)4-3-9-5(13)6-10-11-7(8)16-6/h3-4H2,1-2H3,(H,9,13). The van der Waals surface area contributed by atoms with Crippen LogP contribution in [0.3, 0.4) is 0 Å². The van der Waals surface area contributed by atoms with E-state index in [0.717, 1.165) is 15.6 Å². The predicted molar refractivity (Wildman–Crippen MR) is 64.7 cm³/mol. The van der Waals surface area contributed by atoms with Crippen molar-refractivity contribution >= 4 is 38.9 Å². The molecule has 0 saturated heterocycles. The maximum Gasteiger partial charge on any atom is 0.282 e. The first-order valence-corrected chi connectivity index (χ1v) is 7.30. The second-order valence-electron chi connectivity index (χ2n) is 3.21. The number of aromatic nitrogens is 2. The molecule has 17 heavy (non-hydrogen) atoms. The topological polar surface area (TPSA) is 92.3 Å². The van der Waals surface area contributed by atoms with Crippen LogP contribution < -0.4 is 5.32 Å². The molecule has 10 heteroatoms. The first kappa shape index (κ1) is 14.3. The van der Waals surface area contributed by atoms with Crippen molar-refractivity contribution in [3.8, 4) is 0 Å². The monoisotopic (exact) mass is 298 g/mol. The van der Waals surface area contributed by atoms with Gasteiger partial charge in [-0.25, -0.2) is 12.7 Å². The van der Waals surface area contributed by atoms with E-state index >= 15 is 0 Å². The van der Waals surface area contributed by atoms with E-state index in [9.17, 15) is 13.2 Å². The fraction of sp³-hybridized carbons (Fsp3) is 0.571. The highest BCUT2D eigenvalue weighted by molar-refractivity contribution is 7.89. The van der Waals surface area contributed by atoms with Crippen molar-refractivity contribution < 1.29 is 13.2 Å². The molecule has 0 aliphatic rings. The number of carbonyl (C=O) groups excluding carboxylic acids is 1. The van der Waals surface area contributed by atoms with Crippen LogP contribution in [0.1, 0.15) is 9.80 Å². The lowest BCUT2D eigenvalue weighted by Gasteiger charge is -2.10. The van der Waals surface area contributed by atoms with Crippen molar-refractivity contribution in [1.29, 1.82) is 0 Å². The van der Waals surface area contributed by atoms with Gasteiger partial charge in [0.1, 0.15) is 0 Å². The fourth-order valence-electron chi connectivity index (χ4n) is 0.849. The summed E-state index contributed by atoms with van der Waals surface area (Å²) < 4.78 is 24.0. The van der Waals surface area contributed by atoms with Gasteiger partial charge in [-0.3, -0.25) is 4.79 Å². The molecular weight excluding hydrogens is 288 g/mol. The third-order valence-corrected chi connectivity index (χ3v) is 4.65. The van der Waals surface area contributed by atoms with Gasteiger partial charge in [-0.05, 0) is 11.6 Å². The Bertz CT molecular complexity index is 499. The zero-order valence-corrected chi connectivity index (χ0v) is 11.6. The molecule has 7 nitrogen and oxygen atoms in total. The van der Waals surface area contributed by atoms with E-state index in [2.05, 4.69) is 15.5 Å². The Morgan fingerprint density at radius 2 is 2.12 bits per heavy atom. The average molecular weight is 299 g/mol. The summed E-state index contributed by atoms with van der Waals surface area (Å²) in [4.78, 5) is 11.4. The molecule has 1 rings (SSSR count). The van der Waals surface area contributed by atoms with Crippen LogP contribution in [0.25, 0.3) is 0 Å². The molecule has 0 aliphatic carbocycles. The highest BCUT2D eigenvalue weighted by Gasteiger charge is 2.15. The largest absolute Gasteiger partial charge is 0.349 e. The molecule has 0 aromatic carbocycles. The van der Waals surface area contributed by atoms with E-state index in [1.165, 1.54) is 14.1 Å². The number of nitrogens with zero attached hydrogens (tertiary/aromatic N) is 3. The summed E-state index contributed by atoms with van der Waals surface area (Å²) in [7, 11) is -0.446. The van der Waals surface area contributed by atoms with Crippen molar-refractivity contribution in [2.45, 2.75) is 0 Å². The minimum Gasteiger partial charge on any atom is -0.349 e. The lowest BCUT2D eigenvalue weighted by Crippen LogP contribution is -2.33. The van der Waals surface area contributed by atoms with Crippen LogP contribution in [0.4, 0.5) is 0 Å². The molecule has 1 amide bonds. The smallest absolute Gasteiger partial charge is 0.282 e. The molecule has 0 atom stereocenters. The third kappa shape index (κ3) is 4.19. The van der Waals surface area contributed by atoms with Gasteiger partial charge < -0.3 is 5.32 Å². The summed E-state index contributed by atoms with van der Waals surface area (Å²) in [6.07, 6.45) is 0. The second-order valence-corrected chi connectivity index (χ2v) is 7.08. The molecule has 0 radical (unpaired) electrons. The fourth-order valence-corrected chi connectivity index (χ4v) is 2.32. The van der Waals surface area contributed by atoms with Crippen LogP contribution in [-0.2, 0) is 10.0 Å². The van der Waals surface area contributed by atoms with Gasteiger partial charge in [0, 0.05) is 20.6 Å². The van der Waals surface area contributed by atoms with Crippen LogP contribution in [0.2, 0.25) is 4.47 Å². The molecule has 0 fully saturated rings. The molecule has 1 aromatic heterocycles. The van der Waals surface area contributed by atoms with Gasteiger partial charge in [-0.2, -0.15) is 0 Å². The zero-order valence-electron chi connectivity index (χ0n) is 9.18. The Labute approximate surface area is 108 Å². The van der Waals surface area contributed by atoms with Gasteiger partial charge in [0.2, 0.25) is 19.5 Å². The maximum atomic E-state index is 11.4. The molecule has 0 unspecified atom stereocenters. The number of carbonyl (C=O) groups is 1. The van der Waals surface area contributed by atoms with Gasteiger partial charge in [0.25, 0.3) is 5.91 Å². The average Bonchev–Trinajstić information content (AvgIpc) is 2.64. The Morgan fingerprint density at radius 3 is 2.59 bits per heavy atom. The molecule has 0 bridgehead atoms. The molecule has 1 aromatic rings. The normalized spacial score (nSPS) is 11.8. The van der Waals surface area contributed by atoms with E-state index in [0.29, 0.717) is 0 Å². The zero-order chi connectivity index (χ0) is 13.1. The number of sulfonamides is 1. The van der Waals surface area contributed by atoms with Crippen molar-refractivity contribution in [1.82, 2.24) is 19.8 Å². The van der Waals surface area contributed by atoms with E-state index < -0.39 is 15.9 Å². The molecule has 96 valence electrons. The van der Waals surface area contributed by atoms with Gasteiger partial charge in [-0.1, -0.05) is 11.3 Å². The second kappa shape index (κ2) is 5.71. The SMILES string of the molecule is CN(C)S(=O)(=O)CCNC(=O)c1nnc(Cl)s1. The first-order valence-electron chi connectivity index (χ1n) is 4.50. The molecule has 1 heterocycles. The summed E-state index contributed by atoms with van der Waals surface area (Å²) in [6, 6.07) is 0. The number of hydrogen-bond acceptors (Lipinski definition) is 6. The lowest BCUT2D eigenvalue weighted by atomic mass is 10.6. The number of nitrogens with one attached hydrogen (secondary N) is 1. The number of rotatable bonds is 5. The highest BCUT2D eigenvalue weighted by Crippen LogP contribution is 2.14. The maximum absolute atomic E-state index is 11.4. The van der Waals surface area contributed by atoms with Crippen molar-refractivity contribution in [2.24, 2.45) is 0 Å². The Hall–Kier alpha value is -0.770. The number of hydrogen-bond donors (Lipinski definition) is 1. The molecular formula is C7H11ClN4O3S2. The van der Waals surface area contributed by atoms with Crippen molar-refractivity contribution in [2.75, 3.05) is 26.4 Å². The Balaban J connectivity index is 2.45. The van der Waals surface area contributed by atoms with Gasteiger partial charge >= 0.3 is 0 Å². The summed E-state index contributed by atoms with van der Waals surface area (Å²) in [5, 5.41) is 9.54. The lowest BCUT2D eigenvalue weighted by molar-refractivity contribution is 0.0955. The van der Waals surface area contributed by atoms with Crippen molar-refractivity contribution in [3.05, 3.63) is 9.47 Å². The molecule has 0 spiro atoms. The van der Waals surface area contributed by atoms with Crippen LogP contribution in [0.5, 0.6) is 0 Å². The summed E-state index contributed by atoms with van der Waals surface area (Å²) in [6.45, 7) is 0.0105. The molecule has 0 aliphatic heterocycles. The first-order chi connectivity index (χ1) is 7.83. The van der Waals surface area contributed by atoms with Gasteiger partial charge in [0.15, 0.2) is 0 Å². The van der Waals surface area contributed by atoms with Crippen LogP contribution in [0.15, 0.2) is 0 Å². The van der Waals surface area contributed by atoms with E-state index in [1.54, 1.807) is 0 Å². The molecule has 0 saturated carbocycles.